The number of H-pyrrole nitrogens is 1. The lowest BCUT2D eigenvalue weighted by atomic mass is 9.87. The number of allylic oxidation sites excluding steroid dienone is 1. The number of aromatic amines is 1. The zero-order valence-electron chi connectivity index (χ0n) is 20.4. The molecule has 0 saturated heterocycles. The number of hydrogen-bond acceptors (Lipinski definition) is 5. The Morgan fingerprint density at radius 2 is 1.74 bits per heavy atom. The lowest BCUT2D eigenvalue weighted by Crippen LogP contribution is -2.28. The normalized spacial score (nSPS) is 13.0. The van der Waals surface area contributed by atoms with Crippen molar-refractivity contribution in [2.24, 2.45) is 5.73 Å². The second-order valence-electron chi connectivity index (χ2n) is 9.00. The van der Waals surface area contributed by atoms with Crippen molar-refractivity contribution in [3.8, 4) is 11.1 Å². The molecular formula is C27H31N3O4S. The molecule has 0 aliphatic carbocycles. The Morgan fingerprint density at radius 3 is 2.29 bits per heavy atom. The van der Waals surface area contributed by atoms with Crippen LogP contribution in [0.3, 0.4) is 0 Å². The summed E-state index contributed by atoms with van der Waals surface area (Å²) in [6.07, 6.45) is 2.86. The van der Waals surface area contributed by atoms with Gasteiger partial charge >= 0.3 is 5.97 Å². The van der Waals surface area contributed by atoms with Crippen molar-refractivity contribution >= 4 is 28.3 Å². The van der Waals surface area contributed by atoms with E-state index < -0.39 is 16.0 Å². The van der Waals surface area contributed by atoms with Gasteiger partial charge in [-0.25, -0.2) is 13.2 Å². The molecule has 3 rings (SSSR count). The maximum Gasteiger partial charge on any atom is 0.355 e. The summed E-state index contributed by atoms with van der Waals surface area (Å²) in [4.78, 5) is 15.8. The molecule has 0 radical (unpaired) electrons. The lowest BCUT2D eigenvalue weighted by Gasteiger charge is -2.19. The number of hydrogen-bond donors (Lipinski definition) is 3. The first-order valence-electron chi connectivity index (χ1n) is 11.2. The molecule has 0 fully saturated rings. The third-order valence-electron chi connectivity index (χ3n) is 5.39. The highest BCUT2D eigenvalue weighted by Crippen LogP contribution is 2.24. The van der Waals surface area contributed by atoms with E-state index in [4.69, 9.17) is 10.5 Å². The van der Waals surface area contributed by atoms with Crippen LogP contribution in [0.4, 0.5) is 0 Å². The fourth-order valence-electron chi connectivity index (χ4n) is 3.65. The maximum atomic E-state index is 13.0. The highest BCUT2D eigenvalue weighted by molar-refractivity contribution is 7.89. The van der Waals surface area contributed by atoms with Crippen molar-refractivity contribution in [3.05, 3.63) is 88.7 Å². The number of ether oxygens (including phenoxy) is 1. The first kappa shape index (κ1) is 25.8. The maximum absolute atomic E-state index is 13.0. The average Bonchev–Trinajstić information content (AvgIpc) is 3.17. The van der Waals surface area contributed by atoms with Crippen LogP contribution in [0.5, 0.6) is 0 Å². The fraction of sp³-hybridized carbons (Fsp3) is 0.222. The molecule has 0 aliphatic heterocycles. The van der Waals surface area contributed by atoms with Crippen LogP contribution >= 0.6 is 0 Å². The minimum atomic E-state index is -3.88. The van der Waals surface area contributed by atoms with Crippen LogP contribution in [0.1, 0.15) is 43.7 Å². The Kier molecular flexibility index (Phi) is 7.55. The molecule has 1 aromatic heterocycles. The van der Waals surface area contributed by atoms with Crippen LogP contribution in [-0.4, -0.2) is 26.0 Å². The molecule has 3 aromatic rings. The third kappa shape index (κ3) is 5.84. The Hall–Kier alpha value is -3.78. The molecule has 0 atom stereocenters. The Balaban J connectivity index is 2.07. The van der Waals surface area contributed by atoms with Crippen molar-refractivity contribution in [3.63, 3.8) is 0 Å². The SMILES string of the molecule is C=C(/C=c1/c(-c2ccccc2)c(C(=O)OCC)[nH]/c1=C/N)NS(=O)(=O)c1ccc(C(C)(C)C)cc1. The van der Waals surface area contributed by atoms with Crippen LogP contribution in [0.2, 0.25) is 0 Å². The van der Waals surface area contributed by atoms with E-state index in [-0.39, 0.29) is 28.3 Å². The van der Waals surface area contributed by atoms with Crippen molar-refractivity contribution < 1.29 is 17.9 Å². The monoisotopic (exact) mass is 493 g/mol. The number of nitrogens with one attached hydrogen (secondary N) is 2. The van der Waals surface area contributed by atoms with E-state index in [0.717, 1.165) is 11.1 Å². The van der Waals surface area contributed by atoms with E-state index in [1.807, 2.05) is 30.3 Å². The molecule has 4 N–H and O–H groups in total. The molecule has 35 heavy (non-hydrogen) atoms. The van der Waals surface area contributed by atoms with Gasteiger partial charge in [-0.3, -0.25) is 4.72 Å². The number of rotatable bonds is 7. The van der Waals surface area contributed by atoms with Gasteiger partial charge in [0.2, 0.25) is 0 Å². The number of aromatic nitrogens is 1. The Morgan fingerprint density at radius 1 is 1.11 bits per heavy atom. The molecule has 7 nitrogen and oxygen atoms in total. The van der Waals surface area contributed by atoms with E-state index in [2.05, 4.69) is 37.1 Å². The predicted molar refractivity (Wildman–Crippen MR) is 139 cm³/mol. The van der Waals surface area contributed by atoms with Gasteiger partial charge in [-0.05, 0) is 41.7 Å². The van der Waals surface area contributed by atoms with E-state index in [1.165, 1.54) is 6.20 Å². The molecule has 1 heterocycles. The average molecular weight is 494 g/mol. The van der Waals surface area contributed by atoms with Gasteiger partial charge in [-0.2, -0.15) is 0 Å². The number of esters is 1. The van der Waals surface area contributed by atoms with E-state index >= 15 is 0 Å². The van der Waals surface area contributed by atoms with Gasteiger partial charge in [0.25, 0.3) is 10.0 Å². The van der Waals surface area contributed by atoms with Gasteiger partial charge in [0.1, 0.15) is 5.69 Å². The zero-order chi connectivity index (χ0) is 25.8. The standard InChI is InChI=1S/C27H31N3O4S/c1-6-34-26(31)25-24(19-10-8-7-9-11-19)22(23(17-28)29-25)16-18(2)30-35(32,33)21-14-12-20(13-15-21)27(3,4)5/h7-17,29-30H,2,6,28H2,1,3-5H3/b22-16+,23-17+. The topological polar surface area (TPSA) is 114 Å². The molecule has 184 valence electrons. The minimum Gasteiger partial charge on any atom is -0.461 e. The van der Waals surface area contributed by atoms with Gasteiger partial charge in [0, 0.05) is 22.7 Å². The van der Waals surface area contributed by atoms with E-state index in [9.17, 15) is 13.2 Å². The summed E-state index contributed by atoms with van der Waals surface area (Å²) in [5, 5.41) is 0.944. The van der Waals surface area contributed by atoms with E-state index in [0.29, 0.717) is 16.1 Å². The summed E-state index contributed by atoms with van der Waals surface area (Å²) in [6, 6.07) is 16.0. The summed E-state index contributed by atoms with van der Waals surface area (Å²) < 4.78 is 33.7. The highest BCUT2D eigenvalue weighted by Gasteiger charge is 2.20. The van der Waals surface area contributed by atoms with Gasteiger partial charge < -0.3 is 15.5 Å². The third-order valence-corrected chi connectivity index (χ3v) is 6.82. The van der Waals surface area contributed by atoms with Gasteiger partial charge in [0.15, 0.2) is 0 Å². The summed E-state index contributed by atoms with van der Waals surface area (Å²) in [7, 11) is -3.88. The van der Waals surface area contributed by atoms with Gasteiger partial charge in [0.05, 0.1) is 16.9 Å². The molecule has 2 aromatic carbocycles. The molecule has 0 spiro atoms. The second-order valence-corrected chi connectivity index (χ2v) is 10.7. The molecule has 0 unspecified atom stereocenters. The number of carbonyl (C=O) groups excluding carboxylic acids is 1. The van der Waals surface area contributed by atoms with Crippen molar-refractivity contribution in [1.82, 2.24) is 9.71 Å². The van der Waals surface area contributed by atoms with Gasteiger partial charge in [-0.15, -0.1) is 0 Å². The first-order chi connectivity index (χ1) is 16.5. The summed E-state index contributed by atoms with van der Waals surface area (Å²) in [6.45, 7) is 12.0. The second kappa shape index (κ2) is 10.2. The van der Waals surface area contributed by atoms with Crippen molar-refractivity contribution in [2.75, 3.05) is 6.61 Å². The van der Waals surface area contributed by atoms with E-state index in [1.54, 1.807) is 37.3 Å². The largest absolute Gasteiger partial charge is 0.461 e. The number of nitrogens with two attached hydrogens (primary N) is 1. The predicted octanol–water partition coefficient (Wildman–Crippen LogP) is 3.13. The number of sulfonamides is 1. The van der Waals surface area contributed by atoms with Crippen LogP contribution in [0, 0.1) is 0 Å². The summed E-state index contributed by atoms with van der Waals surface area (Å²) in [5.74, 6) is -0.542. The van der Waals surface area contributed by atoms with Crippen LogP contribution < -0.4 is 21.0 Å². The first-order valence-corrected chi connectivity index (χ1v) is 12.7. The molecule has 0 bridgehead atoms. The molecule has 0 amide bonds. The lowest BCUT2D eigenvalue weighted by molar-refractivity contribution is 0.0521. The molecule has 8 heteroatoms. The number of carbonyl (C=O) groups is 1. The van der Waals surface area contributed by atoms with Crippen LogP contribution in [0.25, 0.3) is 23.4 Å². The summed E-state index contributed by atoms with van der Waals surface area (Å²) in [5.41, 5.74) is 8.36. The Labute approximate surface area is 206 Å². The smallest absolute Gasteiger partial charge is 0.355 e. The summed E-state index contributed by atoms with van der Waals surface area (Å²) >= 11 is 0. The van der Waals surface area contributed by atoms with Crippen molar-refractivity contribution in [1.29, 1.82) is 0 Å². The quantitative estimate of drug-likeness (QED) is 0.438. The zero-order valence-corrected chi connectivity index (χ0v) is 21.2. The molecular weight excluding hydrogens is 462 g/mol. The molecule has 0 aliphatic rings. The van der Waals surface area contributed by atoms with Crippen LogP contribution in [-0.2, 0) is 20.2 Å². The highest BCUT2D eigenvalue weighted by atomic mass is 32.2. The fourth-order valence-corrected chi connectivity index (χ4v) is 4.66. The Bertz CT molecular complexity index is 1450. The van der Waals surface area contributed by atoms with Crippen LogP contribution in [0.15, 0.2) is 71.8 Å². The number of benzene rings is 2. The van der Waals surface area contributed by atoms with Gasteiger partial charge in [-0.1, -0.05) is 69.8 Å². The minimum absolute atomic E-state index is 0.0963. The van der Waals surface area contributed by atoms with Crippen molar-refractivity contribution in [2.45, 2.75) is 38.0 Å². The molecule has 0 saturated carbocycles.